The Kier molecular flexibility index (Phi) is 5.06. The van der Waals surface area contributed by atoms with Crippen molar-refractivity contribution in [1.29, 1.82) is 0 Å². The smallest absolute Gasteiger partial charge is 0.258 e. The van der Waals surface area contributed by atoms with Gasteiger partial charge in [-0.15, -0.1) is 5.10 Å². The fourth-order valence-electron chi connectivity index (χ4n) is 2.44. The van der Waals surface area contributed by atoms with Crippen LogP contribution in [0.5, 0.6) is 5.75 Å². The molecule has 138 valence electrons. The molecule has 0 radical (unpaired) electrons. The summed E-state index contributed by atoms with van der Waals surface area (Å²) in [7, 11) is 1.44. The molecule has 0 fully saturated rings. The molecular formula is C17H15FN6O3. The van der Waals surface area contributed by atoms with Crippen molar-refractivity contribution >= 4 is 23.2 Å². The topological polar surface area (TPSA) is 111 Å². The predicted molar refractivity (Wildman–Crippen MR) is 94.4 cm³/mol. The van der Waals surface area contributed by atoms with E-state index in [1.807, 2.05) is 0 Å². The number of amides is 2. The van der Waals surface area contributed by atoms with E-state index < -0.39 is 11.7 Å². The van der Waals surface area contributed by atoms with E-state index in [4.69, 9.17) is 4.74 Å². The molecule has 0 spiro atoms. The number of hydrogen-bond acceptors (Lipinski definition) is 6. The zero-order chi connectivity index (χ0) is 19.4. The Hall–Kier alpha value is -3.82. The highest BCUT2D eigenvalue weighted by atomic mass is 19.1. The van der Waals surface area contributed by atoms with Crippen LogP contribution in [0.3, 0.4) is 0 Å². The monoisotopic (exact) mass is 370 g/mol. The van der Waals surface area contributed by atoms with Crippen molar-refractivity contribution in [2.45, 2.75) is 6.92 Å². The van der Waals surface area contributed by atoms with Gasteiger partial charge in [-0.1, -0.05) is 0 Å². The normalized spacial score (nSPS) is 10.3. The number of carbonyl (C=O) groups is 2. The molecule has 0 aliphatic rings. The van der Waals surface area contributed by atoms with Gasteiger partial charge in [-0.05, 0) is 46.8 Å². The van der Waals surface area contributed by atoms with Gasteiger partial charge in [0.05, 0.1) is 24.0 Å². The lowest BCUT2D eigenvalue weighted by Gasteiger charge is -2.14. The van der Waals surface area contributed by atoms with Gasteiger partial charge in [-0.3, -0.25) is 9.59 Å². The third-order valence-corrected chi connectivity index (χ3v) is 3.57. The fourth-order valence-corrected chi connectivity index (χ4v) is 2.44. The Bertz CT molecular complexity index is 990. The van der Waals surface area contributed by atoms with Crippen LogP contribution < -0.4 is 15.4 Å². The molecule has 0 atom stereocenters. The van der Waals surface area contributed by atoms with Gasteiger partial charge in [0.15, 0.2) is 0 Å². The zero-order valence-corrected chi connectivity index (χ0v) is 14.4. The van der Waals surface area contributed by atoms with Crippen LogP contribution in [-0.2, 0) is 4.79 Å². The molecule has 10 heteroatoms. The molecule has 3 rings (SSSR count). The third kappa shape index (κ3) is 4.06. The molecule has 3 aromatic rings. The molecule has 0 saturated carbocycles. The van der Waals surface area contributed by atoms with Crippen molar-refractivity contribution in [1.82, 2.24) is 20.2 Å². The van der Waals surface area contributed by atoms with Crippen LogP contribution in [0.25, 0.3) is 5.69 Å². The number of methoxy groups -OCH3 is 1. The molecule has 2 N–H and O–H groups in total. The minimum absolute atomic E-state index is 0.0225. The van der Waals surface area contributed by atoms with Crippen molar-refractivity contribution in [2.75, 3.05) is 17.7 Å². The quantitative estimate of drug-likeness (QED) is 0.711. The summed E-state index contributed by atoms with van der Waals surface area (Å²) in [5.74, 6) is -1.07. The van der Waals surface area contributed by atoms with Crippen molar-refractivity contribution in [3.05, 3.63) is 54.1 Å². The number of nitrogens with one attached hydrogen (secondary N) is 2. The maximum absolute atomic E-state index is 13.7. The van der Waals surface area contributed by atoms with Crippen LogP contribution in [0.15, 0.2) is 42.7 Å². The highest BCUT2D eigenvalue weighted by Gasteiger charge is 2.17. The van der Waals surface area contributed by atoms with E-state index in [0.717, 1.165) is 6.07 Å². The summed E-state index contributed by atoms with van der Waals surface area (Å²) in [5.41, 5.74) is 1.10. The Morgan fingerprint density at radius 2 is 1.96 bits per heavy atom. The van der Waals surface area contributed by atoms with Crippen LogP contribution in [0.1, 0.15) is 17.3 Å². The van der Waals surface area contributed by atoms with Gasteiger partial charge >= 0.3 is 0 Å². The number of tetrazole rings is 1. The lowest BCUT2D eigenvalue weighted by atomic mass is 10.1. The Morgan fingerprint density at radius 1 is 1.15 bits per heavy atom. The number of aromatic nitrogens is 4. The van der Waals surface area contributed by atoms with Gasteiger partial charge in [0.25, 0.3) is 5.91 Å². The summed E-state index contributed by atoms with van der Waals surface area (Å²) in [4.78, 5) is 24.0. The SMILES string of the molecule is COc1ccc(NC(C)=O)cc1NC(=O)c1cc(F)ccc1-n1cnnn1. The number of nitrogens with zero attached hydrogens (tertiary/aromatic N) is 4. The van der Waals surface area contributed by atoms with Crippen molar-refractivity contribution in [3.63, 3.8) is 0 Å². The standard InChI is InChI=1S/C17H15FN6O3/c1-10(25)20-12-4-6-16(27-2)14(8-12)21-17(26)13-7-11(18)3-5-15(13)24-9-19-22-23-24/h3-9H,1-2H3,(H,20,25)(H,21,26). The van der Waals surface area contributed by atoms with Gasteiger partial charge in [0, 0.05) is 12.6 Å². The second-order valence-electron chi connectivity index (χ2n) is 5.47. The number of hydrogen-bond donors (Lipinski definition) is 2. The van der Waals surface area contributed by atoms with Gasteiger partial charge in [0.1, 0.15) is 17.9 Å². The Balaban J connectivity index is 1.96. The van der Waals surface area contributed by atoms with Crippen LogP contribution in [-0.4, -0.2) is 39.1 Å². The Morgan fingerprint density at radius 3 is 2.63 bits per heavy atom. The summed E-state index contributed by atoms with van der Waals surface area (Å²) in [6.07, 6.45) is 1.29. The number of ether oxygens (including phenoxy) is 1. The van der Waals surface area contributed by atoms with Crippen LogP contribution in [0.4, 0.5) is 15.8 Å². The van der Waals surface area contributed by atoms with E-state index in [9.17, 15) is 14.0 Å². The summed E-state index contributed by atoms with van der Waals surface area (Å²) >= 11 is 0. The summed E-state index contributed by atoms with van der Waals surface area (Å²) in [6, 6.07) is 8.43. The minimum atomic E-state index is -0.599. The number of anilines is 2. The van der Waals surface area contributed by atoms with Crippen LogP contribution in [0, 0.1) is 5.82 Å². The maximum Gasteiger partial charge on any atom is 0.258 e. The van der Waals surface area contributed by atoms with E-state index in [1.165, 1.54) is 43.2 Å². The molecule has 0 saturated heterocycles. The van der Waals surface area contributed by atoms with Crippen LogP contribution >= 0.6 is 0 Å². The molecule has 27 heavy (non-hydrogen) atoms. The molecule has 1 heterocycles. The minimum Gasteiger partial charge on any atom is -0.495 e. The molecule has 9 nitrogen and oxygen atoms in total. The van der Waals surface area contributed by atoms with Crippen molar-refractivity contribution < 1.29 is 18.7 Å². The first-order valence-electron chi connectivity index (χ1n) is 7.78. The average Bonchev–Trinajstić information content (AvgIpc) is 3.16. The first kappa shape index (κ1) is 18.0. The number of rotatable bonds is 5. The lowest BCUT2D eigenvalue weighted by molar-refractivity contribution is -0.114. The largest absolute Gasteiger partial charge is 0.495 e. The van der Waals surface area contributed by atoms with E-state index in [1.54, 1.807) is 12.1 Å². The van der Waals surface area contributed by atoms with Gasteiger partial charge < -0.3 is 15.4 Å². The maximum atomic E-state index is 13.7. The lowest BCUT2D eigenvalue weighted by Crippen LogP contribution is -2.17. The van der Waals surface area contributed by atoms with Crippen molar-refractivity contribution in [3.8, 4) is 11.4 Å². The zero-order valence-electron chi connectivity index (χ0n) is 14.4. The summed E-state index contributed by atoms with van der Waals surface area (Å²) in [6.45, 7) is 1.37. The summed E-state index contributed by atoms with van der Waals surface area (Å²) < 4.78 is 20.2. The molecule has 2 amide bonds. The second kappa shape index (κ2) is 7.60. The molecule has 2 aromatic carbocycles. The molecule has 0 bridgehead atoms. The van der Waals surface area contributed by atoms with E-state index in [2.05, 4.69) is 26.2 Å². The molecular weight excluding hydrogens is 355 g/mol. The molecule has 0 aliphatic carbocycles. The first-order chi connectivity index (χ1) is 13.0. The second-order valence-corrected chi connectivity index (χ2v) is 5.47. The fraction of sp³-hybridized carbons (Fsp3) is 0.118. The first-order valence-corrected chi connectivity index (χ1v) is 7.78. The number of halogens is 1. The highest BCUT2D eigenvalue weighted by molar-refractivity contribution is 6.07. The molecule has 0 unspecified atom stereocenters. The van der Waals surface area contributed by atoms with Crippen molar-refractivity contribution in [2.24, 2.45) is 0 Å². The highest BCUT2D eigenvalue weighted by Crippen LogP contribution is 2.29. The predicted octanol–water partition coefficient (Wildman–Crippen LogP) is 2.02. The molecule has 0 aliphatic heterocycles. The average molecular weight is 370 g/mol. The molecule has 1 aromatic heterocycles. The summed E-state index contributed by atoms with van der Waals surface area (Å²) in [5, 5.41) is 16.0. The number of benzene rings is 2. The van der Waals surface area contributed by atoms with E-state index in [-0.39, 0.29) is 11.5 Å². The van der Waals surface area contributed by atoms with E-state index >= 15 is 0 Å². The van der Waals surface area contributed by atoms with Gasteiger partial charge in [0.2, 0.25) is 5.91 Å². The van der Waals surface area contributed by atoms with Crippen LogP contribution in [0.2, 0.25) is 0 Å². The number of carbonyl (C=O) groups excluding carboxylic acids is 2. The van der Waals surface area contributed by atoms with Gasteiger partial charge in [-0.2, -0.15) is 4.68 Å². The van der Waals surface area contributed by atoms with Gasteiger partial charge in [-0.25, -0.2) is 4.39 Å². The van der Waals surface area contributed by atoms with E-state index in [0.29, 0.717) is 22.8 Å². The Labute approximate surface area is 153 Å². The third-order valence-electron chi connectivity index (χ3n) is 3.57.